The molecule has 0 unspecified atom stereocenters. The number of carbonyl (C=O) groups is 1. The molecule has 2 saturated heterocycles. The molecule has 0 aliphatic carbocycles. The van der Waals surface area contributed by atoms with Crippen molar-refractivity contribution >= 4 is 28.8 Å². The number of carbonyl (C=O) groups excluding carboxylic acids is 1. The monoisotopic (exact) mass is 465 g/mol. The fraction of sp³-hybridized carbons (Fsp3) is 0.545. The standard InChI is InChI=1S/C22H28ClN3O4S/c23-18-4-2-1-3-15(18)10-25-21(28)9-17-5-6-19-20(30-17)14-29-13-16(27)11-26(19)12-22-24-7-8-31-22/h1-4,7-8,16-17,19-20,27H,5-6,9-14H2,(H,25,28)/t16-,17-,19-,20+/m0/s1. The molecule has 0 bridgehead atoms. The summed E-state index contributed by atoms with van der Waals surface area (Å²) >= 11 is 7.78. The fourth-order valence-electron chi connectivity index (χ4n) is 4.25. The molecule has 1 amide bonds. The van der Waals surface area contributed by atoms with Gasteiger partial charge >= 0.3 is 0 Å². The van der Waals surface area contributed by atoms with Gasteiger partial charge in [-0.1, -0.05) is 29.8 Å². The fourth-order valence-corrected chi connectivity index (χ4v) is 5.09. The minimum Gasteiger partial charge on any atom is -0.389 e. The molecule has 2 N–H and O–H groups in total. The van der Waals surface area contributed by atoms with Crippen LogP contribution >= 0.6 is 22.9 Å². The number of rotatable bonds is 6. The summed E-state index contributed by atoms with van der Waals surface area (Å²) in [5, 5.41) is 16.8. The van der Waals surface area contributed by atoms with Crippen molar-refractivity contribution < 1.29 is 19.4 Å². The highest BCUT2D eigenvalue weighted by Gasteiger charge is 2.38. The average molecular weight is 466 g/mol. The molecule has 2 aliphatic heterocycles. The molecule has 9 heteroatoms. The topological polar surface area (TPSA) is 83.9 Å². The minimum atomic E-state index is -0.533. The molecule has 2 aliphatic rings. The van der Waals surface area contributed by atoms with Gasteiger partial charge in [-0.3, -0.25) is 9.69 Å². The first-order valence-corrected chi connectivity index (χ1v) is 11.9. The zero-order valence-corrected chi connectivity index (χ0v) is 18.9. The first-order chi connectivity index (χ1) is 15.1. The first kappa shape index (κ1) is 22.6. The van der Waals surface area contributed by atoms with Crippen molar-refractivity contribution in [3.8, 4) is 0 Å². The van der Waals surface area contributed by atoms with Gasteiger partial charge in [-0.25, -0.2) is 4.98 Å². The van der Waals surface area contributed by atoms with Crippen LogP contribution < -0.4 is 5.32 Å². The summed E-state index contributed by atoms with van der Waals surface area (Å²) in [4.78, 5) is 19.1. The third-order valence-corrected chi connectivity index (χ3v) is 6.89. The van der Waals surface area contributed by atoms with Crippen LogP contribution in [0, 0.1) is 0 Å². The molecule has 1 aromatic heterocycles. The van der Waals surface area contributed by atoms with Gasteiger partial charge in [-0.15, -0.1) is 11.3 Å². The maximum absolute atomic E-state index is 12.5. The Morgan fingerprint density at radius 1 is 1.32 bits per heavy atom. The van der Waals surface area contributed by atoms with Gasteiger partial charge in [0.05, 0.1) is 44.5 Å². The second-order valence-corrected chi connectivity index (χ2v) is 9.45. The number of thiazole rings is 1. The quantitative estimate of drug-likeness (QED) is 0.682. The van der Waals surface area contributed by atoms with Crippen molar-refractivity contribution in [2.24, 2.45) is 0 Å². The van der Waals surface area contributed by atoms with Gasteiger partial charge in [0.1, 0.15) is 5.01 Å². The lowest BCUT2D eigenvalue weighted by atomic mass is 9.94. The highest BCUT2D eigenvalue weighted by atomic mass is 35.5. The Morgan fingerprint density at radius 3 is 3.00 bits per heavy atom. The van der Waals surface area contributed by atoms with Gasteiger partial charge in [0, 0.05) is 35.7 Å². The molecule has 2 fully saturated rings. The summed E-state index contributed by atoms with van der Waals surface area (Å²) in [6.07, 6.45) is 2.96. The highest BCUT2D eigenvalue weighted by Crippen LogP contribution is 2.29. The molecule has 0 radical (unpaired) electrons. The summed E-state index contributed by atoms with van der Waals surface area (Å²) in [5.74, 6) is -0.0507. The summed E-state index contributed by atoms with van der Waals surface area (Å²) < 4.78 is 12.0. The van der Waals surface area contributed by atoms with E-state index in [2.05, 4.69) is 15.2 Å². The number of hydrogen-bond donors (Lipinski definition) is 2. The lowest BCUT2D eigenvalue weighted by Crippen LogP contribution is -2.55. The Bertz CT molecular complexity index is 853. The van der Waals surface area contributed by atoms with Gasteiger partial charge in [-0.05, 0) is 24.5 Å². The highest BCUT2D eigenvalue weighted by molar-refractivity contribution is 7.09. The Balaban J connectivity index is 1.33. The van der Waals surface area contributed by atoms with Crippen molar-refractivity contribution in [2.75, 3.05) is 19.8 Å². The van der Waals surface area contributed by atoms with E-state index in [1.54, 1.807) is 17.5 Å². The number of halogens is 1. The van der Waals surface area contributed by atoms with Crippen molar-refractivity contribution in [3.05, 3.63) is 51.4 Å². The van der Waals surface area contributed by atoms with Crippen molar-refractivity contribution in [1.29, 1.82) is 0 Å². The predicted octanol–water partition coefficient (Wildman–Crippen LogP) is 2.61. The second kappa shape index (κ2) is 10.8. The molecule has 168 valence electrons. The average Bonchev–Trinajstić information content (AvgIpc) is 3.25. The Morgan fingerprint density at radius 2 is 2.19 bits per heavy atom. The molecule has 4 rings (SSSR count). The molecule has 0 saturated carbocycles. The molecule has 0 spiro atoms. The molecular weight excluding hydrogens is 438 g/mol. The zero-order chi connectivity index (χ0) is 21.6. The first-order valence-electron chi connectivity index (χ1n) is 10.6. The van der Waals surface area contributed by atoms with Crippen LogP contribution in [0.1, 0.15) is 29.8 Å². The number of aromatic nitrogens is 1. The van der Waals surface area contributed by atoms with Crippen molar-refractivity contribution in [3.63, 3.8) is 0 Å². The number of nitrogens with zero attached hydrogens (tertiary/aromatic N) is 2. The van der Waals surface area contributed by atoms with Crippen LogP contribution in [0.25, 0.3) is 0 Å². The van der Waals surface area contributed by atoms with Gasteiger partial charge < -0.3 is 19.9 Å². The van der Waals surface area contributed by atoms with Gasteiger partial charge in [0.2, 0.25) is 5.91 Å². The van der Waals surface area contributed by atoms with Gasteiger partial charge in [0.25, 0.3) is 0 Å². The van der Waals surface area contributed by atoms with Crippen LogP contribution in [-0.2, 0) is 27.4 Å². The van der Waals surface area contributed by atoms with E-state index in [0.717, 1.165) is 23.4 Å². The number of aliphatic hydroxyl groups is 1. The smallest absolute Gasteiger partial charge is 0.222 e. The molecule has 31 heavy (non-hydrogen) atoms. The zero-order valence-electron chi connectivity index (χ0n) is 17.3. The van der Waals surface area contributed by atoms with E-state index in [1.807, 2.05) is 29.6 Å². The Hall–Kier alpha value is -1.55. The van der Waals surface area contributed by atoms with Crippen LogP contribution in [0.2, 0.25) is 5.02 Å². The maximum atomic E-state index is 12.5. The summed E-state index contributed by atoms with van der Waals surface area (Å²) in [6, 6.07) is 7.62. The van der Waals surface area contributed by atoms with Crippen LogP contribution in [-0.4, -0.2) is 65.0 Å². The number of hydrogen-bond acceptors (Lipinski definition) is 7. The largest absolute Gasteiger partial charge is 0.389 e. The Labute approximate surface area is 191 Å². The van der Waals surface area contributed by atoms with Crippen molar-refractivity contribution in [1.82, 2.24) is 15.2 Å². The van der Waals surface area contributed by atoms with E-state index in [0.29, 0.717) is 37.7 Å². The molecular formula is C22H28ClN3O4S. The number of nitrogens with one attached hydrogen (secondary N) is 1. The number of fused-ring (bicyclic) bond motifs is 1. The number of ether oxygens (including phenoxy) is 2. The number of amides is 1. The third kappa shape index (κ3) is 6.25. The molecule has 4 atom stereocenters. The van der Waals surface area contributed by atoms with Gasteiger partial charge in [0.15, 0.2) is 0 Å². The van der Waals surface area contributed by atoms with Crippen LogP contribution in [0.4, 0.5) is 0 Å². The lowest BCUT2D eigenvalue weighted by Gasteiger charge is -2.44. The van der Waals surface area contributed by atoms with E-state index < -0.39 is 6.10 Å². The SMILES string of the molecule is O=C(C[C@@H]1CC[C@H]2[C@@H](COC[C@@H](O)CN2Cc2nccs2)O1)NCc1ccccc1Cl. The maximum Gasteiger partial charge on any atom is 0.222 e. The van der Waals surface area contributed by atoms with Crippen LogP contribution in [0.3, 0.4) is 0 Å². The number of β-amino-alcohol motifs (C(OH)–C–C–N with tert-alkyl or cyclic N) is 1. The predicted molar refractivity (Wildman–Crippen MR) is 119 cm³/mol. The summed E-state index contributed by atoms with van der Waals surface area (Å²) in [5.41, 5.74) is 0.895. The third-order valence-electron chi connectivity index (χ3n) is 5.76. The lowest BCUT2D eigenvalue weighted by molar-refractivity contribution is -0.158. The van der Waals surface area contributed by atoms with Crippen LogP contribution in [0.15, 0.2) is 35.8 Å². The number of aliphatic hydroxyl groups excluding tert-OH is 1. The molecule has 1 aromatic carbocycles. The van der Waals surface area contributed by atoms with Crippen molar-refractivity contribution in [2.45, 2.75) is 56.7 Å². The normalized spacial score (nSPS) is 27.2. The molecule has 2 aromatic rings. The summed E-state index contributed by atoms with van der Waals surface area (Å²) in [7, 11) is 0. The van der Waals surface area contributed by atoms with E-state index >= 15 is 0 Å². The molecule has 3 heterocycles. The van der Waals surface area contributed by atoms with Gasteiger partial charge in [-0.2, -0.15) is 0 Å². The van der Waals surface area contributed by atoms with Crippen LogP contribution in [0.5, 0.6) is 0 Å². The van der Waals surface area contributed by atoms with E-state index in [9.17, 15) is 9.90 Å². The minimum absolute atomic E-state index is 0.0507. The number of benzene rings is 1. The Kier molecular flexibility index (Phi) is 7.92. The second-order valence-electron chi connectivity index (χ2n) is 8.06. The summed E-state index contributed by atoms with van der Waals surface area (Å²) in [6.45, 7) is 2.30. The molecule has 7 nitrogen and oxygen atoms in total. The van der Waals surface area contributed by atoms with E-state index in [-0.39, 0.29) is 30.8 Å². The van der Waals surface area contributed by atoms with E-state index in [4.69, 9.17) is 21.1 Å². The van der Waals surface area contributed by atoms with E-state index in [1.165, 1.54) is 0 Å².